The third kappa shape index (κ3) is 4.82. The van der Waals surface area contributed by atoms with Crippen molar-refractivity contribution < 1.29 is 18.7 Å². The fraction of sp³-hybridized carbons (Fsp3) is 0.233. The van der Waals surface area contributed by atoms with E-state index in [0.717, 1.165) is 30.0 Å². The van der Waals surface area contributed by atoms with E-state index >= 15 is 0 Å². The lowest BCUT2D eigenvalue weighted by Crippen LogP contribution is -2.50. The van der Waals surface area contributed by atoms with Crippen molar-refractivity contribution in [2.75, 3.05) is 11.4 Å². The Morgan fingerprint density at radius 1 is 1.12 bits per heavy atom. The minimum Gasteiger partial charge on any atom is -0.453 e. The molecule has 4 aromatic rings. The number of aromatic nitrogens is 2. The number of amides is 3. The van der Waals surface area contributed by atoms with Crippen molar-refractivity contribution in [1.29, 1.82) is 0 Å². The number of anilines is 1. The van der Waals surface area contributed by atoms with Crippen LogP contribution in [-0.2, 0) is 24.9 Å². The summed E-state index contributed by atoms with van der Waals surface area (Å²) in [6.07, 6.45) is 1.93. The van der Waals surface area contributed by atoms with Gasteiger partial charge in [0.25, 0.3) is 0 Å². The van der Waals surface area contributed by atoms with Crippen molar-refractivity contribution in [2.24, 2.45) is 7.05 Å². The highest BCUT2D eigenvalue weighted by molar-refractivity contribution is 6.32. The molecule has 10 heteroatoms. The molecule has 6 rings (SSSR count). The van der Waals surface area contributed by atoms with E-state index in [1.165, 1.54) is 22.1 Å². The van der Waals surface area contributed by atoms with Gasteiger partial charge in [-0.1, -0.05) is 41.9 Å². The van der Waals surface area contributed by atoms with Crippen LogP contribution < -0.4 is 15.0 Å². The summed E-state index contributed by atoms with van der Waals surface area (Å²) in [6.45, 7) is 4.06. The van der Waals surface area contributed by atoms with Gasteiger partial charge < -0.3 is 9.30 Å². The summed E-state index contributed by atoms with van der Waals surface area (Å²) in [5.41, 5.74) is 4.56. The van der Waals surface area contributed by atoms with E-state index in [1.54, 1.807) is 18.3 Å². The van der Waals surface area contributed by atoms with E-state index in [4.69, 9.17) is 16.3 Å². The standard InChI is InChI=1S/C30H27ClFN5O3/c1-18-23-14-20(29-33-15-27(35(29)2)37-13-12-26(38)34-30(37)39)8-9-21(23)17-36(18)16-19-6-10-22(11-7-19)40-28-24(31)4-3-5-25(28)32/h3-11,14-15,18H,12-13,16-17H2,1-2H3,(H,34,38,39)/t18-/m0/s1. The predicted molar refractivity (Wildman–Crippen MR) is 150 cm³/mol. The van der Waals surface area contributed by atoms with Gasteiger partial charge in [-0.15, -0.1) is 0 Å². The molecule has 0 unspecified atom stereocenters. The molecule has 1 aromatic heterocycles. The lowest BCUT2D eigenvalue weighted by atomic mass is 10.0. The van der Waals surface area contributed by atoms with Gasteiger partial charge in [0.1, 0.15) is 17.4 Å². The molecule has 0 saturated carbocycles. The zero-order chi connectivity index (χ0) is 28.0. The third-order valence-corrected chi connectivity index (χ3v) is 7.81. The third-order valence-electron chi connectivity index (χ3n) is 7.52. The highest BCUT2D eigenvalue weighted by atomic mass is 35.5. The minimum atomic E-state index is -0.505. The molecular weight excluding hydrogens is 533 g/mol. The molecule has 1 fully saturated rings. The van der Waals surface area contributed by atoms with Crippen LogP contribution in [0.2, 0.25) is 5.02 Å². The number of hydrogen-bond donors (Lipinski definition) is 1. The molecule has 204 valence electrons. The van der Waals surface area contributed by atoms with Gasteiger partial charge in [-0.25, -0.2) is 14.2 Å². The summed E-state index contributed by atoms with van der Waals surface area (Å²) >= 11 is 6.08. The van der Waals surface area contributed by atoms with Crippen LogP contribution >= 0.6 is 11.6 Å². The number of imide groups is 1. The normalized spacial score (nSPS) is 17.2. The minimum absolute atomic E-state index is 0.0189. The fourth-order valence-corrected chi connectivity index (χ4v) is 5.51. The van der Waals surface area contributed by atoms with Gasteiger partial charge in [0.2, 0.25) is 5.91 Å². The number of ether oxygens (including phenoxy) is 1. The van der Waals surface area contributed by atoms with Crippen LogP contribution in [-0.4, -0.2) is 32.9 Å². The number of imidazole rings is 1. The van der Waals surface area contributed by atoms with Crippen molar-refractivity contribution in [3.63, 3.8) is 0 Å². The summed E-state index contributed by atoms with van der Waals surface area (Å²) in [6, 6.07) is 18.2. The number of urea groups is 1. The van der Waals surface area contributed by atoms with Gasteiger partial charge in [-0.05, 0) is 53.9 Å². The molecule has 0 spiro atoms. The van der Waals surface area contributed by atoms with E-state index in [1.807, 2.05) is 35.9 Å². The largest absolute Gasteiger partial charge is 0.453 e. The smallest absolute Gasteiger partial charge is 0.329 e. The Hall–Kier alpha value is -4.21. The van der Waals surface area contributed by atoms with Crippen LogP contribution in [0.15, 0.2) is 66.9 Å². The molecule has 0 aliphatic carbocycles. The van der Waals surface area contributed by atoms with Crippen molar-refractivity contribution in [3.05, 3.63) is 94.4 Å². The number of fused-ring (bicyclic) bond motifs is 1. The number of halogens is 2. The molecule has 1 N–H and O–H groups in total. The SMILES string of the molecule is C[C@H]1c2cc(-c3ncc(N4CCC(=O)NC4=O)n3C)ccc2CN1Cc1ccc(Oc2c(F)cccc2Cl)cc1. The van der Waals surface area contributed by atoms with Crippen LogP contribution in [0.5, 0.6) is 11.5 Å². The molecule has 1 saturated heterocycles. The molecule has 1 atom stereocenters. The fourth-order valence-electron chi connectivity index (χ4n) is 5.31. The first kappa shape index (κ1) is 26.0. The van der Waals surface area contributed by atoms with Crippen LogP contribution in [0.25, 0.3) is 11.4 Å². The average molecular weight is 560 g/mol. The van der Waals surface area contributed by atoms with Gasteiger partial charge in [0, 0.05) is 44.7 Å². The molecule has 3 amide bonds. The summed E-state index contributed by atoms with van der Waals surface area (Å²) in [7, 11) is 1.87. The summed E-state index contributed by atoms with van der Waals surface area (Å²) in [5.74, 6) is 1.15. The summed E-state index contributed by atoms with van der Waals surface area (Å²) in [5, 5.41) is 2.59. The Balaban J connectivity index is 1.16. The number of benzene rings is 3. The Labute approximate surface area is 235 Å². The first-order valence-corrected chi connectivity index (χ1v) is 13.4. The molecule has 3 aromatic carbocycles. The van der Waals surface area contributed by atoms with Gasteiger partial charge in [0.05, 0.1) is 11.2 Å². The molecule has 0 radical (unpaired) electrons. The van der Waals surface area contributed by atoms with E-state index in [2.05, 4.69) is 40.3 Å². The van der Waals surface area contributed by atoms with Gasteiger partial charge >= 0.3 is 6.03 Å². The molecule has 40 heavy (non-hydrogen) atoms. The summed E-state index contributed by atoms with van der Waals surface area (Å²) < 4.78 is 21.6. The second-order valence-corrected chi connectivity index (χ2v) is 10.5. The zero-order valence-corrected chi connectivity index (χ0v) is 22.8. The van der Waals surface area contributed by atoms with Crippen LogP contribution in [0.1, 0.15) is 36.1 Å². The topological polar surface area (TPSA) is 79.7 Å². The monoisotopic (exact) mass is 559 g/mol. The Morgan fingerprint density at radius 3 is 2.67 bits per heavy atom. The maximum atomic E-state index is 14.1. The zero-order valence-electron chi connectivity index (χ0n) is 22.0. The Kier molecular flexibility index (Phi) is 6.77. The number of nitrogens with zero attached hydrogens (tertiary/aromatic N) is 4. The number of hydrogen-bond acceptors (Lipinski definition) is 5. The molecule has 0 bridgehead atoms. The number of rotatable bonds is 6. The molecule has 2 aliphatic heterocycles. The number of carbonyl (C=O) groups excluding carboxylic acids is 2. The molecule has 3 heterocycles. The van der Waals surface area contributed by atoms with Crippen molar-refractivity contribution in [1.82, 2.24) is 19.8 Å². The average Bonchev–Trinajstić information content (AvgIpc) is 3.46. The van der Waals surface area contributed by atoms with Crippen molar-refractivity contribution in [2.45, 2.75) is 32.5 Å². The molecule has 2 aliphatic rings. The van der Waals surface area contributed by atoms with Gasteiger partial charge in [0.15, 0.2) is 11.6 Å². The number of nitrogens with one attached hydrogen (secondary N) is 1. The lowest BCUT2D eigenvalue weighted by Gasteiger charge is -2.26. The van der Waals surface area contributed by atoms with Crippen LogP contribution in [0, 0.1) is 5.82 Å². The Bertz CT molecular complexity index is 1600. The summed E-state index contributed by atoms with van der Waals surface area (Å²) in [4.78, 5) is 32.4. The van der Waals surface area contributed by atoms with Crippen molar-refractivity contribution >= 4 is 29.4 Å². The van der Waals surface area contributed by atoms with E-state index in [9.17, 15) is 14.0 Å². The van der Waals surface area contributed by atoms with Gasteiger partial charge in [-0.2, -0.15) is 0 Å². The maximum absolute atomic E-state index is 14.1. The van der Waals surface area contributed by atoms with Crippen LogP contribution in [0.3, 0.4) is 0 Å². The van der Waals surface area contributed by atoms with Crippen LogP contribution in [0.4, 0.5) is 15.0 Å². The molecular formula is C30H27ClFN5O3. The van der Waals surface area contributed by atoms with E-state index in [-0.39, 0.29) is 29.1 Å². The predicted octanol–water partition coefficient (Wildman–Crippen LogP) is 6.20. The highest BCUT2D eigenvalue weighted by Gasteiger charge is 2.29. The molecule has 8 nitrogen and oxygen atoms in total. The first-order chi connectivity index (χ1) is 19.3. The Morgan fingerprint density at radius 2 is 1.93 bits per heavy atom. The maximum Gasteiger partial charge on any atom is 0.329 e. The van der Waals surface area contributed by atoms with Gasteiger partial charge in [-0.3, -0.25) is 19.9 Å². The number of para-hydroxylation sites is 1. The second-order valence-electron chi connectivity index (χ2n) is 10.0. The first-order valence-electron chi connectivity index (χ1n) is 13.0. The second kappa shape index (κ2) is 10.4. The number of carbonyl (C=O) groups is 2. The van der Waals surface area contributed by atoms with E-state index < -0.39 is 11.8 Å². The quantitative estimate of drug-likeness (QED) is 0.304. The van der Waals surface area contributed by atoms with Crippen molar-refractivity contribution in [3.8, 4) is 22.9 Å². The lowest BCUT2D eigenvalue weighted by molar-refractivity contribution is -0.120. The van der Waals surface area contributed by atoms with E-state index in [0.29, 0.717) is 18.1 Å². The highest BCUT2D eigenvalue weighted by Crippen LogP contribution is 2.38.